The van der Waals surface area contributed by atoms with Crippen molar-refractivity contribution in [3.8, 4) is 11.5 Å². The van der Waals surface area contributed by atoms with Crippen molar-refractivity contribution < 1.29 is 19.1 Å². The number of benzene rings is 2. The van der Waals surface area contributed by atoms with Crippen LogP contribution in [0.1, 0.15) is 30.9 Å². The smallest absolute Gasteiger partial charge is 0.302 e. The predicted octanol–water partition coefficient (Wildman–Crippen LogP) is 4.52. The molecule has 0 aliphatic carbocycles. The van der Waals surface area contributed by atoms with Crippen molar-refractivity contribution in [1.29, 1.82) is 0 Å². The molecule has 1 N–H and O–H groups in total. The molecule has 1 aliphatic heterocycles. The van der Waals surface area contributed by atoms with E-state index in [2.05, 4.69) is 10.4 Å². The minimum atomic E-state index is -0.111. The summed E-state index contributed by atoms with van der Waals surface area (Å²) in [6.07, 6.45) is 1.27. The second-order valence-electron chi connectivity index (χ2n) is 6.73. The zero-order chi connectivity index (χ0) is 21.5. The lowest BCUT2D eigenvalue weighted by Gasteiger charge is -2.23. The number of ether oxygens (including phenoxy) is 2. The van der Waals surface area contributed by atoms with Crippen LogP contribution in [0.3, 0.4) is 0 Å². The van der Waals surface area contributed by atoms with Gasteiger partial charge < -0.3 is 14.8 Å². The van der Waals surface area contributed by atoms with Crippen molar-refractivity contribution in [2.45, 2.75) is 26.3 Å². The Morgan fingerprint density at radius 1 is 1.17 bits per heavy atom. The maximum absolute atomic E-state index is 12.4. The topological polar surface area (TPSA) is 80.2 Å². The standard InChI is InChI=1S/C22H25N3O4S/c1-4-6-21(26)23-17-8-5-7-15(11-17)13-25-22(27)30-14-18(24-25)16-9-10-19(28-2)20(12-16)29-3/h5,7-12H,4,6,13-14H2,1-3H3,(H,23,26). The van der Waals surface area contributed by atoms with Crippen LogP contribution in [-0.2, 0) is 11.3 Å². The fourth-order valence-electron chi connectivity index (χ4n) is 3.05. The van der Waals surface area contributed by atoms with Crippen LogP contribution >= 0.6 is 11.8 Å². The van der Waals surface area contributed by atoms with E-state index >= 15 is 0 Å². The molecule has 3 rings (SSSR count). The van der Waals surface area contributed by atoms with Gasteiger partial charge in [-0.2, -0.15) is 5.10 Å². The molecular formula is C22H25N3O4S. The number of methoxy groups -OCH3 is 2. The number of carbonyl (C=O) groups excluding carboxylic acids is 2. The number of hydrazone groups is 1. The SMILES string of the molecule is CCCC(=O)Nc1cccc(CN2N=C(c3ccc(OC)c(OC)c3)CSC2=O)c1. The molecule has 0 radical (unpaired) electrons. The third kappa shape index (κ3) is 5.33. The lowest BCUT2D eigenvalue weighted by atomic mass is 10.1. The van der Waals surface area contributed by atoms with Crippen LogP contribution < -0.4 is 14.8 Å². The fraction of sp³-hybridized carbons (Fsp3) is 0.318. The monoisotopic (exact) mass is 427 g/mol. The maximum atomic E-state index is 12.4. The van der Waals surface area contributed by atoms with Gasteiger partial charge in [0, 0.05) is 23.4 Å². The van der Waals surface area contributed by atoms with Gasteiger partial charge >= 0.3 is 5.24 Å². The average Bonchev–Trinajstić information content (AvgIpc) is 2.75. The highest BCUT2D eigenvalue weighted by Gasteiger charge is 2.23. The lowest BCUT2D eigenvalue weighted by Crippen LogP contribution is -2.29. The van der Waals surface area contributed by atoms with Crippen molar-refractivity contribution >= 4 is 34.3 Å². The molecule has 8 heteroatoms. The van der Waals surface area contributed by atoms with E-state index in [4.69, 9.17) is 9.47 Å². The van der Waals surface area contributed by atoms with Gasteiger partial charge in [0.15, 0.2) is 11.5 Å². The van der Waals surface area contributed by atoms with Crippen LogP contribution in [0.5, 0.6) is 11.5 Å². The van der Waals surface area contributed by atoms with Gasteiger partial charge in [0.25, 0.3) is 0 Å². The first-order chi connectivity index (χ1) is 14.5. The second-order valence-corrected chi connectivity index (χ2v) is 7.65. The minimum absolute atomic E-state index is 0.0204. The molecule has 0 unspecified atom stereocenters. The third-order valence-corrected chi connectivity index (χ3v) is 5.40. The molecule has 1 aliphatic rings. The number of thioether (sulfide) groups is 1. The van der Waals surface area contributed by atoms with Crippen LogP contribution in [0.25, 0.3) is 0 Å². The highest BCUT2D eigenvalue weighted by atomic mass is 32.2. The maximum Gasteiger partial charge on any atom is 0.302 e. The lowest BCUT2D eigenvalue weighted by molar-refractivity contribution is -0.116. The number of carbonyl (C=O) groups is 2. The van der Waals surface area contributed by atoms with Crippen LogP contribution in [0.4, 0.5) is 10.5 Å². The highest BCUT2D eigenvalue weighted by Crippen LogP contribution is 2.30. The Bertz CT molecular complexity index is 961. The molecule has 30 heavy (non-hydrogen) atoms. The number of hydrogen-bond acceptors (Lipinski definition) is 6. The Balaban J connectivity index is 1.79. The van der Waals surface area contributed by atoms with Gasteiger partial charge in [-0.15, -0.1) is 0 Å². The molecule has 0 saturated carbocycles. The molecule has 0 bridgehead atoms. The van der Waals surface area contributed by atoms with Crippen molar-refractivity contribution in [3.63, 3.8) is 0 Å². The first-order valence-electron chi connectivity index (χ1n) is 9.67. The normalized spacial score (nSPS) is 13.6. The van der Waals surface area contributed by atoms with Crippen molar-refractivity contribution in [2.24, 2.45) is 5.10 Å². The summed E-state index contributed by atoms with van der Waals surface area (Å²) in [6.45, 7) is 2.28. The Labute approximate surface area is 180 Å². The molecular weight excluding hydrogens is 402 g/mol. The van der Waals surface area contributed by atoms with E-state index < -0.39 is 0 Å². The first-order valence-corrected chi connectivity index (χ1v) is 10.7. The molecule has 7 nitrogen and oxygen atoms in total. The molecule has 2 aromatic carbocycles. The molecule has 158 valence electrons. The number of nitrogens with zero attached hydrogens (tertiary/aromatic N) is 2. The Morgan fingerprint density at radius 3 is 2.70 bits per heavy atom. The Hall–Kier alpha value is -3.00. The summed E-state index contributed by atoms with van der Waals surface area (Å²) in [7, 11) is 3.17. The summed E-state index contributed by atoms with van der Waals surface area (Å²) in [5, 5.41) is 8.80. The molecule has 0 aromatic heterocycles. The number of rotatable bonds is 8. The van der Waals surface area contributed by atoms with Gasteiger partial charge in [-0.3, -0.25) is 9.59 Å². The molecule has 2 amide bonds. The van der Waals surface area contributed by atoms with E-state index in [9.17, 15) is 9.59 Å². The van der Waals surface area contributed by atoms with Gasteiger partial charge in [-0.1, -0.05) is 30.8 Å². The number of nitrogens with one attached hydrogen (secondary N) is 1. The van der Waals surface area contributed by atoms with E-state index in [1.807, 2.05) is 49.4 Å². The van der Waals surface area contributed by atoms with Gasteiger partial charge in [0.2, 0.25) is 5.91 Å². The van der Waals surface area contributed by atoms with Gasteiger partial charge in [0.05, 0.1) is 26.5 Å². The van der Waals surface area contributed by atoms with Gasteiger partial charge in [-0.25, -0.2) is 5.01 Å². The van der Waals surface area contributed by atoms with Crippen LogP contribution in [0.2, 0.25) is 0 Å². The quantitative estimate of drug-likeness (QED) is 0.670. The van der Waals surface area contributed by atoms with E-state index in [1.54, 1.807) is 14.2 Å². The molecule has 0 spiro atoms. The van der Waals surface area contributed by atoms with Gasteiger partial charge in [0.1, 0.15) is 0 Å². The largest absolute Gasteiger partial charge is 0.493 e. The molecule has 2 aromatic rings. The average molecular weight is 428 g/mol. The van der Waals surface area contributed by atoms with E-state index in [-0.39, 0.29) is 11.1 Å². The van der Waals surface area contributed by atoms with E-state index in [0.29, 0.717) is 35.9 Å². The number of amides is 2. The van der Waals surface area contributed by atoms with Gasteiger partial charge in [-0.05, 0) is 42.3 Å². The summed E-state index contributed by atoms with van der Waals surface area (Å²) < 4.78 is 10.7. The molecule has 1 heterocycles. The highest BCUT2D eigenvalue weighted by molar-refractivity contribution is 8.14. The van der Waals surface area contributed by atoms with Crippen molar-refractivity contribution in [1.82, 2.24) is 5.01 Å². The second kappa shape index (κ2) is 10.2. The fourth-order valence-corrected chi connectivity index (χ4v) is 3.79. The van der Waals surface area contributed by atoms with E-state index in [1.165, 1.54) is 16.8 Å². The Morgan fingerprint density at radius 2 is 1.97 bits per heavy atom. The number of hydrogen-bond donors (Lipinski definition) is 1. The number of anilines is 1. The zero-order valence-electron chi connectivity index (χ0n) is 17.3. The summed E-state index contributed by atoms with van der Waals surface area (Å²) in [5.41, 5.74) is 3.26. The zero-order valence-corrected chi connectivity index (χ0v) is 18.1. The summed E-state index contributed by atoms with van der Waals surface area (Å²) in [4.78, 5) is 24.3. The summed E-state index contributed by atoms with van der Waals surface area (Å²) in [5.74, 6) is 1.72. The molecule has 0 saturated heterocycles. The van der Waals surface area contributed by atoms with Crippen molar-refractivity contribution in [2.75, 3.05) is 25.3 Å². The van der Waals surface area contributed by atoms with Crippen LogP contribution in [0, 0.1) is 0 Å². The predicted molar refractivity (Wildman–Crippen MR) is 119 cm³/mol. The molecule has 0 fully saturated rings. The van der Waals surface area contributed by atoms with E-state index in [0.717, 1.165) is 23.3 Å². The van der Waals surface area contributed by atoms with Crippen LogP contribution in [-0.4, -0.2) is 41.8 Å². The summed E-state index contributed by atoms with van der Waals surface area (Å²) >= 11 is 1.21. The van der Waals surface area contributed by atoms with Crippen LogP contribution in [0.15, 0.2) is 47.6 Å². The summed E-state index contributed by atoms with van der Waals surface area (Å²) in [6, 6.07) is 13.1. The molecule has 0 atom stereocenters. The third-order valence-electron chi connectivity index (χ3n) is 4.52. The van der Waals surface area contributed by atoms with Crippen molar-refractivity contribution in [3.05, 3.63) is 53.6 Å². The first kappa shape index (κ1) is 21.7. The minimum Gasteiger partial charge on any atom is -0.493 e. The Kier molecular flexibility index (Phi) is 7.35.